The molecule has 3 nitrogen and oxygen atoms in total. The summed E-state index contributed by atoms with van der Waals surface area (Å²) in [6.07, 6.45) is 4.68. The number of rotatable bonds is 3. The third-order valence-electron chi connectivity index (χ3n) is 4.28. The van der Waals surface area contributed by atoms with Crippen molar-refractivity contribution in [2.75, 3.05) is 31.7 Å². The molecule has 0 radical (unpaired) electrons. The molecule has 1 spiro atoms. The normalized spacial score (nSPS) is 29.1. The van der Waals surface area contributed by atoms with Gasteiger partial charge in [0.25, 0.3) is 0 Å². The van der Waals surface area contributed by atoms with Crippen molar-refractivity contribution < 1.29 is 4.74 Å². The Hall–Kier alpha value is -0.240. The van der Waals surface area contributed by atoms with Crippen molar-refractivity contribution in [2.24, 2.45) is 5.92 Å². The van der Waals surface area contributed by atoms with Crippen molar-refractivity contribution in [3.63, 3.8) is 0 Å². The summed E-state index contributed by atoms with van der Waals surface area (Å²) in [5, 5.41) is 8.92. The fourth-order valence-electron chi connectivity index (χ4n) is 3.09. The van der Waals surface area contributed by atoms with Crippen LogP contribution >= 0.6 is 11.8 Å². The van der Waals surface area contributed by atoms with Crippen molar-refractivity contribution in [2.45, 2.75) is 44.2 Å². The molecule has 4 heteroatoms. The Labute approximate surface area is 115 Å². The highest BCUT2D eigenvalue weighted by atomic mass is 32.2. The quantitative estimate of drug-likeness (QED) is 0.788. The van der Waals surface area contributed by atoms with E-state index in [1.807, 2.05) is 18.7 Å². The van der Waals surface area contributed by atoms with Gasteiger partial charge in [-0.3, -0.25) is 0 Å². The molecule has 2 aliphatic heterocycles. The predicted molar refractivity (Wildman–Crippen MR) is 75.7 cm³/mol. The molecule has 2 heterocycles. The van der Waals surface area contributed by atoms with E-state index in [1.165, 1.54) is 24.3 Å². The van der Waals surface area contributed by atoms with Gasteiger partial charge < -0.3 is 9.64 Å². The Morgan fingerprint density at radius 1 is 1.50 bits per heavy atom. The Balaban J connectivity index is 1.91. The number of ether oxygens (including phenoxy) is 1. The van der Waals surface area contributed by atoms with E-state index in [-0.39, 0.29) is 11.5 Å². The second kappa shape index (κ2) is 6.27. The van der Waals surface area contributed by atoms with Crippen molar-refractivity contribution in [1.29, 1.82) is 5.26 Å². The molecule has 0 amide bonds. The van der Waals surface area contributed by atoms with Gasteiger partial charge in [-0.2, -0.15) is 17.0 Å². The summed E-state index contributed by atoms with van der Waals surface area (Å²) >= 11 is 2.05. The highest BCUT2D eigenvalue weighted by Gasteiger charge is 2.39. The van der Waals surface area contributed by atoms with E-state index in [0.29, 0.717) is 6.04 Å². The van der Waals surface area contributed by atoms with Crippen molar-refractivity contribution in [1.82, 2.24) is 4.90 Å². The lowest BCUT2D eigenvalue weighted by atomic mass is 9.85. The predicted octanol–water partition coefficient (Wildman–Crippen LogP) is 2.52. The summed E-state index contributed by atoms with van der Waals surface area (Å²) < 4.78 is 6.11. The number of nitriles is 1. The Morgan fingerprint density at radius 3 is 2.89 bits per heavy atom. The third kappa shape index (κ3) is 3.40. The summed E-state index contributed by atoms with van der Waals surface area (Å²) in [7, 11) is 2.16. The maximum Gasteiger partial charge on any atom is 0.0713 e. The van der Waals surface area contributed by atoms with E-state index >= 15 is 0 Å². The maximum atomic E-state index is 8.92. The van der Waals surface area contributed by atoms with Crippen LogP contribution < -0.4 is 0 Å². The van der Waals surface area contributed by atoms with Crippen LogP contribution in [0.5, 0.6) is 0 Å². The van der Waals surface area contributed by atoms with Gasteiger partial charge >= 0.3 is 0 Å². The topological polar surface area (TPSA) is 36.3 Å². The van der Waals surface area contributed by atoms with E-state index < -0.39 is 0 Å². The molecule has 102 valence electrons. The molecule has 0 N–H and O–H groups in total. The van der Waals surface area contributed by atoms with E-state index in [1.54, 1.807) is 0 Å². The molecule has 2 unspecified atom stereocenters. The van der Waals surface area contributed by atoms with Gasteiger partial charge in [-0.25, -0.2) is 0 Å². The van der Waals surface area contributed by atoms with Crippen LogP contribution in [0.2, 0.25) is 0 Å². The second-order valence-corrected chi connectivity index (χ2v) is 6.98. The van der Waals surface area contributed by atoms with Gasteiger partial charge in [-0.1, -0.05) is 0 Å². The first-order chi connectivity index (χ1) is 8.65. The van der Waals surface area contributed by atoms with Gasteiger partial charge in [0.15, 0.2) is 0 Å². The molecular formula is C14H24N2OS. The monoisotopic (exact) mass is 268 g/mol. The molecule has 2 saturated heterocycles. The average molecular weight is 268 g/mol. The summed E-state index contributed by atoms with van der Waals surface area (Å²) in [5.41, 5.74) is 0.151. The van der Waals surface area contributed by atoms with E-state index in [0.717, 1.165) is 26.0 Å². The zero-order chi connectivity index (χ0) is 13.0. The lowest BCUT2D eigenvalue weighted by Gasteiger charge is -2.45. The minimum Gasteiger partial charge on any atom is -0.375 e. The molecule has 2 fully saturated rings. The van der Waals surface area contributed by atoms with Crippen LogP contribution in [0.25, 0.3) is 0 Å². The second-order valence-electron chi connectivity index (χ2n) is 5.76. The molecule has 0 aliphatic carbocycles. The molecule has 0 saturated carbocycles. The van der Waals surface area contributed by atoms with Crippen molar-refractivity contribution in [3.05, 3.63) is 0 Å². The fraction of sp³-hybridized carbons (Fsp3) is 0.929. The van der Waals surface area contributed by atoms with Crippen LogP contribution in [-0.4, -0.2) is 48.2 Å². The van der Waals surface area contributed by atoms with Crippen molar-refractivity contribution >= 4 is 11.8 Å². The molecule has 0 aromatic rings. The minimum absolute atomic E-state index is 0.121. The molecular weight excluding hydrogens is 244 g/mol. The van der Waals surface area contributed by atoms with Crippen LogP contribution in [-0.2, 0) is 4.74 Å². The van der Waals surface area contributed by atoms with Crippen LogP contribution in [0, 0.1) is 17.2 Å². The first-order valence-corrected chi connectivity index (χ1v) is 8.12. The molecule has 18 heavy (non-hydrogen) atoms. The summed E-state index contributed by atoms with van der Waals surface area (Å²) in [4.78, 5) is 2.37. The lowest BCUT2D eigenvalue weighted by Crippen LogP contribution is -2.50. The van der Waals surface area contributed by atoms with Crippen molar-refractivity contribution in [3.8, 4) is 6.07 Å². The van der Waals surface area contributed by atoms with Gasteiger partial charge in [0.2, 0.25) is 0 Å². The SMILES string of the molecule is CC(C#N)CN(C)C1CCOC2(CCSCC2)C1. The Bertz CT molecular complexity index is 304. The fourth-order valence-corrected chi connectivity index (χ4v) is 4.33. The number of hydrogen-bond donors (Lipinski definition) is 0. The van der Waals surface area contributed by atoms with Crippen LogP contribution in [0.1, 0.15) is 32.6 Å². The van der Waals surface area contributed by atoms with Crippen LogP contribution in [0.15, 0.2) is 0 Å². The van der Waals surface area contributed by atoms with E-state index in [4.69, 9.17) is 10.00 Å². The highest BCUT2D eigenvalue weighted by molar-refractivity contribution is 7.99. The van der Waals surface area contributed by atoms with Gasteiger partial charge in [-0.15, -0.1) is 0 Å². The molecule has 2 atom stereocenters. The number of nitrogens with zero attached hydrogens (tertiary/aromatic N) is 2. The average Bonchev–Trinajstić information content (AvgIpc) is 2.39. The number of thioether (sulfide) groups is 1. The molecule has 0 aromatic heterocycles. The first-order valence-electron chi connectivity index (χ1n) is 6.97. The number of hydrogen-bond acceptors (Lipinski definition) is 4. The smallest absolute Gasteiger partial charge is 0.0713 e. The standard InChI is InChI=1S/C14H24N2OS/c1-12(10-15)11-16(2)13-3-6-17-14(9-13)4-7-18-8-5-14/h12-13H,3-9,11H2,1-2H3. The maximum absolute atomic E-state index is 8.92. The minimum atomic E-state index is 0.121. The lowest BCUT2D eigenvalue weighted by molar-refractivity contribution is -0.108. The Morgan fingerprint density at radius 2 is 2.22 bits per heavy atom. The molecule has 0 bridgehead atoms. The van der Waals surface area contributed by atoms with Crippen LogP contribution in [0.3, 0.4) is 0 Å². The third-order valence-corrected chi connectivity index (χ3v) is 5.26. The summed E-state index contributed by atoms with van der Waals surface area (Å²) in [5.74, 6) is 2.60. The first kappa shape index (κ1) is 14.2. The molecule has 2 aliphatic rings. The largest absolute Gasteiger partial charge is 0.375 e. The zero-order valence-electron chi connectivity index (χ0n) is 11.5. The highest BCUT2D eigenvalue weighted by Crippen LogP contribution is 2.38. The zero-order valence-corrected chi connectivity index (χ0v) is 12.3. The molecule has 2 rings (SSSR count). The van der Waals surface area contributed by atoms with Gasteiger partial charge in [-0.05, 0) is 51.2 Å². The van der Waals surface area contributed by atoms with Gasteiger partial charge in [0.1, 0.15) is 0 Å². The summed E-state index contributed by atoms with van der Waals surface area (Å²) in [6, 6.07) is 2.92. The van der Waals surface area contributed by atoms with E-state index in [9.17, 15) is 0 Å². The van der Waals surface area contributed by atoms with Crippen LogP contribution in [0.4, 0.5) is 0 Å². The summed E-state index contributed by atoms with van der Waals surface area (Å²) in [6.45, 7) is 3.77. The Kier molecular flexibility index (Phi) is 4.94. The van der Waals surface area contributed by atoms with E-state index in [2.05, 4.69) is 18.0 Å². The van der Waals surface area contributed by atoms with Gasteiger partial charge in [0.05, 0.1) is 17.6 Å². The molecule has 0 aromatic carbocycles. The van der Waals surface area contributed by atoms with Gasteiger partial charge in [0, 0.05) is 19.2 Å².